The molecule has 0 aromatic heterocycles. The molecule has 4 bridgehead atoms. The van der Waals surface area contributed by atoms with E-state index in [0.717, 1.165) is 17.8 Å². The van der Waals surface area contributed by atoms with Crippen LogP contribution in [-0.2, 0) is 0 Å². The molecule has 25 heavy (non-hydrogen) atoms. The lowest BCUT2D eigenvalue weighted by atomic mass is 9.48. The van der Waals surface area contributed by atoms with Crippen LogP contribution in [-0.4, -0.2) is 18.0 Å². The Morgan fingerprint density at radius 2 is 1.72 bits per heavy atom. The first-order chi connectivity index (χ1) is 11.9. The van der Waals surface area contributed by atoms with Crippen molar-refractivity contribution >= 4 is 17.6 Å². The number of primary amides is 1. The maximum Gasteiger partial charge on any atom is 0.316 e. The van der Waals surface area contributed by atoms with Crippen LogP contribution >= 0.6 is 0 Å². The van der Waals surface area contributed by atoms with E-state index in [9.17, 15) is 9.59 Å². The Labute approximate surface area is 148 Å². The van der Waals surface area contributed by atoms with Gasteiger partial charge in [0.2, 0.25) is 0 Å². The second-order valence-electron chi connectivity index (χ2n) is 8.55. The maximum atomic E-state index is 12.7. The second-order valence-corrected chi connectivity index (χ2v) is 8.55. The lowest BCUT2D eigenvalue weighted by molar-refractivity contribution is -0.0688. The van der Waals surface area contributed by atoms with Crippen LogP contribution in [0.3, 0.4) is 0 Å². The van der Waals surface area contributed by atoms with Gasteiger partial charge in [-0.1, -0.05) is 6.07 Å². The smallest absolute Gasteiger partial charge is 0.316 e. The quantitative estimate of drug-likeness (QED) is 0.783. The highest BCUT2D eigenvalue weighted by atomic mass is 16.2. The molecular formula is C20H27N3O2. The van der Waals surface area contributed by atoms with E-state index in [0.29, 0.717) is 11.3 Å². The molecule has 4 saturated carbocycles. The first-order valence-corrected chi connectivity index (χ1v) is 9.41. The molecule has 5 heteroatoms. The molecule has 1 unspecified atom stereocenters. The van der Waals surface area contributed by atoms with E-state index in [-0.39, 0.29) is 17.4 Å². The number of benzene rings is 1. The first kappa shape index (κ1) is 16.4. The van der Waals surface area contributed by atoms with E-state index in [4.69, 9.17) is 5.73 Å². The summed E-state index contributed by atoms with van der Waals surface area (Å²) >= 11 is 0. The molecule has 0 spiro atoms. The monoisotopic (exact) mass is 341 g/mol. The molecule has 0 radical (unpaired) electrons. The summed E-state index contributed by atoms with van der Waals surface area (Å²) in [6.07, 6.45) is 8.01. The standard InChI is InChI=1S/C20H27N3O2/c1-12(20-9-13-5-14(10-20)7-15(6-13)11-20)22-18(24)16-3-2-4-17(8-16)23-19(21)25/h2-4,8,12-15H,5-7,9-11H2,1H3,(H,22,24)(H3,21,23,25). The van der Waals surface area contributed by atoms with Gasteiger partial charge in [-0.25, -0.2) is 4.79 Å². The fourth-order valence-electron chi connectivity index (χ4n) is 6.02. The third-order valence-electron chi connectivity index (χ3n) is 6.74. The summed E-state index contributed by atoms with van der Waals surface area (Å²) in [7, 11) is 0. The van der Waals surface area contributed by atoms with Gasteiger partial charge in [0.05, 0.1) is 0 Å². The third kappa shape index (κ3) is 3.12. The van der Waals surface area contributed by atoms with Crippen molar-refractivity contribution in [3.63, 3.8) is 0 Å². The Balaban J connectivity index is 1.47. The molecule has 4 N–H and O–H groups in total. The number of nitrogens with one attached hydrogen (secondary N) is 2. The molecule has 134 valence electrons. The van der Waals surface area contributed by atoms with Gasteiger partial charge in [0.1, 0.15) is 0 Å². The number of anilines is 1. The minimum absolute atomic E-state index is 0.0728. The van der Waals surface area contributed by atoms with Crippen LogP contribution in [0.2, 0.25) is 0 Å². The summed E-state index contributed by atoms with van der Waals surface area (Å²) in [5.41, 5.74) is 6.54. The number of carbonyl (C=O) groups is 2. The van der Waals surface area contributed by atoms with Crippen LogP contribution < -0.4 is 16.4 Å². The van der Waals surface area contributed by atoms with Crippen molar-refractivity contribution in [1.29, 1.82) is 0 Å². The van der Waals surface area contributed by atoms with Gasteiger partial charge >= 0.3 is 6.03 Å². The number of nitrogens with two attached hydrogens (primary N) is 1. The van der Waals surface area contributed by atoms with Gasteiger partial charge < -0.3 is 16.4 Å². The fourth-order valence-corrected chi connectivity index (χ4v) is 6.02. The number of hydrogen-bond donors (Lipinski definition) is 3. The number of urea groups is 1. The van der Waals surface area contributed by atoms with Crippen molar-refractivity contribution in [2.75, 3.05) is 5.32 Å². The van der Waals surface area contributed by atoms with Crippen molar-refractivity contribution in [3.8, 4) is 0 Å². The molecule has 5 nitrogen and oxygen atoms in total. The number of amides is 3. The van der Waals surface area contributed by atoms with E-state index in [1.807, 2.05) is 0 Å². The van der Waals surface area contributed by atoms with Gasteiger partial charge in [-0.05, 0) is 86.8 Å². The molecule has 1 atom stereocenters. The highest BCUT2D eigenvalue weighted by Gasteiger charge is 2.53. The molecule has 0 heterocycles. The van der Waals surface area contributed by atoms with Crippen molar-refractivity contribution in [2.24, 2.45) is 28.9 Å². The minimum Gasteiger partial charge on any atom is -0.351 e. The SMILES string of the molecule is CC(NC(=O)c1cccc(NC(N)=O)c1)C12CC3CC(CC(C3)C1)C2. The summed E-state index contributed by atoms with van der Waals surface area (Å²) < 4.78 is 0. The predicted molar refractivity (Wildman–Crippen MR) is 97.2 cm³/mol. The zero-order valence-corrected chi connectivity index (χ0v) is 14.8. The molecule has 4 fully saturated rings. The van der Waals surface area contributed by atoms with E-state index in [1.165, 1.54) is 38.5 Å². The van der Waals surface area contributed by atoms with E-state index in [2.05, 4.69) is 17.6 Å². The third-order valence-corrected chi connectivity index (χ3v) is 6.74. The van der Waals surface area contributed by atoms with Crippen LogP contribution in [0.25, 0.3) is 0 Å². The van der Waals surface area contributed by atoms with Crippen molar-refractivity contribution < 1.29 is 9.59 Å². The molecule has 4 aliphatic rings. The Hall–Kier alpha value is -2.04. The molecule has 5 rings (SSSR count). The molecule has 0 aliphatic heterocycles. The molecule has 0 saturated heterocycles. The van der Waals surface area contributed by atoms with Gasteiger partial charge in [0.15, 0.2) is 0 Å². The van der Waals surface area contributed by atoms with Gasteiger partial charge in [0, 0.05) is 17.3 Å². The van der Waals surface area contributed by atoms with Gasteiger partial charge in [-0.15, -0.1) is 0 Å². The normalized spacial score (nSPS) is 33.7. The van der Waals surface area contributed by atoms with Crippen molar-refractivity contribution in [1.82, 2.24) is 5.32 Å². The van der Waals surface area contributed by atoms with Gasteiger partial charge in [-0.3, -0.25) is 4.79 Å². The molecule has 4 aliphatic carbocycles. The van der Waals surface area contributed by atoms with Crippen LogP contribution in [0.1, 0.15) is 55.8 Å². The van der Waals surface area contributed by atoms with E-state index < -0.39 is 6.03 Å². The van der Waals surface area contributed by atoms with Crippen molar-refractivity contribution in [3.05, 3.63) is 29.8 Å². The zero-order valence-electron chi connectivity index (χ0n) is 14.8. The Morgan fingerprint density at radius 3 is 2.28 bits per heavy atom. The first-order valence-electron chi connectivity index (χ1n) is 9.41. The average Bonchev–Trinajstić information content (AvgIpc) is 2.53. The lowest BCUT2D eigenvalue weighted by Crippen LogP contribution is -2.55. The molecule has 1 aromatic carbocycles. The van der Waals surface area contributed by atoms with Crippen molar-refractivity contribution in [2.45, 2.75) is 51.5 Å². The Kier molecular flexibility index (Phi) is 3.97. The minimum atomic E-state index is -0.625. The molecule has 3 amide bonds. The summed E-state index contributed by atoms with van der Waals surface area (Å²) in [5.74, 6) is 2.53. The van der Waals surface area contributed by atoms with Crippen LogP contribution in [0.5, 0.6) is 0 Å². The Morgan fingerprint density at radius 1 is 1.12 bits per heavy atom. The van der Waals surface area contributed by atoms with E-state index >= 15 is 0 Å². The van der Waals surface area contributed by atoms with Crippen LogP contribution in [0, 0.1) is 23.2 Å². The van der Waals surface area contributed by atoms with Crippen LogP contribution in [0.15, 0.2) is 24.3 Å². The molecular weight excluding hydrogens is 314 g/mol. The molecule has 1 aromatic rings. The van der Waals surface area contributed by atoms with E-state index in [1.54, 1.807) is 24.3 Å². The topological polar surface area (TPSA) is 84.2 Å². The summed E-state index contributed by atoms with van der Waals surface area (Å²) in [6, 6.07) is 6.49. The van der Waals surface area contributed by atoms with Gasteiger partial charge in [-0.2, -0.15) is 0 Å². The number of carbonyl (C=O) groups excluding carboxylic acids is 2. The summed E-state index contributed by atoms with van der Waals surface area (Å²) in [5, 5.41) is 5.77. The Bertz CT molecular complexity index is 665. The number of rotatable bonds is 4. The maximum absolute atomic E-state index is 12.7. The zero-order chi connectivity index (χ0) is 17.6. The summed E-state index contributed by atoms with van der Waals surface area (Å²) in [4.78, 5) is 23.7. The highest BCUT2D eigenvalue weighted by molar-refractivity contribution is 5.96. The lowest BCUT2D eigenvalue weighted by Gasteiger charge is -2.59. The summed E-state index contributed by atoms with van der Waals surface area (Å²) in [6.45, 7) is 2.18. The largest absolute Gasteiger partial charge is 0.351 e. The predicted octanol–water partition coefficient (Wildman–Crippen LogP) is 3.51. The van der Waals surface area contributed by atoms with Crippen LogP contribution in [0.4, 0.5) is 10.5 Å². The fraction of sp³-hybridized carbons (Fsp3) is 0.600. The highest BCUT2D eigenvalue weighted by Crippen LogP contribution is 2.61. The second kappa shape index (κ2) is 6.04. The van der Waals surface area contributed by atoms with Gasteiger partial charge in [0.25, 0.3) is 5.91 Å². The number of hydrogen-bond acceptors (Lipinski definition) is 2. The average molecular weight is 341 g/mol.